The van der Waals surface area contributed by atoms with Gasteiger partial charge in [0.05, 0.1) is 11.5 Å². The molecule has 0 amide bonds. The van der Waals surface area contributed by atoms with Crippen molar-refractivity contribution in [1.82, 2.24) is 4.72 Å². The van der Waals surface area contributed by atoms with Crippen LogP contribution in [0.3, 0.4) is 0 Å². The highest BCUT2D eigenvalue weighted by Gasteiger charge is 2.14. The lowest BCUT2D eigenvalue weighted by molar-refractivity contribution is 0.0984. The fourth-order valence-corrected chi connectivity index (χ4v) is 3.23. The molecule has 0 heterocycles. The van der Waals surface area contributed by atoms with Crippen molar-refractivity contribution in [1.29, 1.82) is 0 Å². The van der Waals surface area contributed by atoms with Gasteiger partial charge in [-0.2, -0.15) is 0 Å². The molecule has 0 spiro atoms. The van der Waals surface area contributed by atoms with Crippen molar-refractivity contribution in [2.24, 2.45) is 0 Å². The quantitative estimate of drug-likeness (QED) is 0.520. The van der Waals surface area contributed by atoms with Gasteiger partial charge in [0, 0.05) is 18.5 Å². The van der Waals surface area contributed by atoms with Crippen molar-refractivity contribution < 1.29 is 17.9 Å². The lowest BCUT2D eigenvalue weighted by Gasteiger charge is -2.08. The van der Waals surface area contributed by atoms with Crippen LogP contribution in [-0.4, -0.2) is 27.4 Å². The van der Waals surface area contributed by atoms with Gasteiger partial charge in [-0.25, -0.2) is 13.1 Å². The second-order valence-corrected chi connectivity index (χ2v) is 7.38. The van der Waals surface area contributed by atoms with E-state index in [0.717, 1.165) is 12.8 Å². The molecule has 6 heteroatoms. The van der Waals surface area contributed by atoms with Crippen LogP contribution in [0.15, 0.2) is 59.5 Å². The first-order valence-corrected chi connectivity index (χ1v) is 9.82. The average molecular weight is 361 g/mol. The zero-order valence-electron chi connectivity index (χ0n) is 14.3. The highest BCUT2D eigenvalue weighted by Crippen LogP contribution is 2.16. The number of nitrogens with one attached hydrogen (secondary N) is 1. The largest absolute Gasteiger partial charge is 0.494 e. The Morgan fingerprint density at radius 2 is 1.72 bits per heavy atom. The number of hydrogen-bond donors (Lipinski definition) is 1. The Kier molecular flexibility index (Phi) is 7.16. The van der Waals surface area contributed by atoms with Gasteiger partial charge in [-0.05, 0) is 30.7 Å². The van der Waals surface area contributed by atoms with Gasteiger partial charge in [-0.15, -0.1) is 0 Å². The van der Waals surface area contributed by atoms with Gasteiger partial charge in [0.2, 0.25) is 10.0 Å². The number of ether oxygens (including phenoxy) is 1. The summed E-state index contributed by atoms with van der Waals surface area (Å²) in [7, 11) is -3.64. The van der Waals surface area contributed by atoms with Gasteiger partial charge in [0.15, 0.2) is 5.78 Å². The minimum Gasteiger partial charge on any atom is -0.494 e. The third kappa shape index (κ3) is 5.99. The summed E-state index contributed by atoms with van der Waals surface area (Å²) in [5, 5.41) is 0. The summed E-state index contributed by atoms with van der Waals surface area (Å²) in [6, 6.07) is 15.1. The molecule has 0 bridgehead atoms. The third-order valence-corrected chi connectivity index (χ3v) is 5.12. The molecule has 0 radical (unpaired) electrons. The summed E-state index contributed by atoms with van der Waals surface area (Å²) in [5.41, 5.74) is 0.579. The molecule has 0 saturated carbocycles. The molecule has 25 heavy (non-hydrogen) atoms. The van der Waals surface area contributed by atoms with Crippen LogP contribution in [-0.2, 0) is 10.0 Å². The predicted molar refractivity (Wildman–Crippen MR) is 97.4 cm³/mol. The molecular formula is C19H23NO4S. The summed E-state index contributed by atoms with van der Waals surface area (Å²) in [6.45, 7) is 2.75. The molecule has 0 fully saturated rings. The van der Waals surface area contributed by atoms with E-state index in [0.29, 0.717) is 17.9 Å². The first-order chi connectivity index (χ1) is 12.0. The normalized spacial score (nSPS) is 11.2. The minimum absolute atomic E-state index is 0.0603. The van der Waals surface area contributed by atoms with Crippen molar-refractivity contribution in [3.05, 3.63) is 60.2 Å². The SMILES string of the molecule is CCCCOc1ccc(S(=O)(=O)NCCC(=O)c2ccccc2)cc1. The Morgan fingerprint density at radius 3 is 2.36 bits per heavy atom. The van der Waals surface area contributed by atoms with E-state index in [1.807, 2.05) is 6.07 Å². The number of sulfonamides is 1. The van der Waals surface area contributed by atoms with Crippen molar-refractivity contribution in [3.8, 4) is 5.75 Å². The van der Waals surface area contributed by atoms with Crippen molar-refractivity contribution in [2.75, 3.05) is 13.2 Å². The van der Waals surface area contributed by atoms with Gasteiger partial charge >= 0.3 is 0 Å². The summed E-state index contributed by atoms with van der Waals surface area (Å²) >= 11 is 0. The van der Waals surface area contributed by atoms with Gasteiger partial charge in [-0.1, -0.05) is 43.7 Å². The number of benzene rings is 2. The van der Waals surface area contributed by atoms with E-state index in [1.54, 1.807) is 36.4 Å². The Hall–Kier alpha value is -2.18. The molecule has 0 aliphatic heterocycles. The predicted octanol–water partition coefficient (Wildman–Crippen LogP) is 3.42. The maximum absolute atomic E-state index is 12.3. The molecule has 0 aromatic heterocycles. The van der Waals surface area contributed by atoms with Crippen LogP contribution in [0.1, 0.15) is 36.5 Å². The molecule has 0 aliphatic carbocycles. The molecule has 2 aromatic rings. The van der Waals surface area contributed by atoms with Crippen LogP contribution in [0.2, 0.25) is 0 Å². The maximum Gasteiger partial charge on any atom is 0.240 e. The van der Waals surface area contributed by atoms with E-state index in [2.05, 4.69) is 11.6 Å². The molecule has 0 unspecified atom stereocenters. The van der Waals surface area contributed by atoms with Crippen molar-refractivity contribution >= 4 is 15.8 Å². The van der Waals surface area contributed by atoms with E-state index in [9.17, 15) is 13.2 Å². The smallest absolute Gasteiger partial charge is 0.240 e. The van der Waals surface area contributed by atoms with Crippen LogP contribution >= 0.6 is 0 Å². The van der Waals surface area contributed by atoms with E-state index < -0.39 is 10.0 Å². The first-order valence-electron chi connectivity index (χ1n) is 8.33. The molecule has 0 atom stereocenters. The summed E-state index contributed by atoms with van der Waals surface area (Å²) in [5.74, 6) is 0.551. The highest BCUT2D eigenvalue weighted by molar-refractivity contribution is 7.89. The monoisotopic (exact) mass is 361 g/mol. The zero-order chi connectivity index (χ0) is 18.1. The Balaban J connectivity index is 1.87. The summed E-state index contributed by atoms with van der Waals surface area (Å²) in [4.78, 5) is 12.1. The average Bonchev–Trinajstić information content (AvgIpc) is 2.63. The molecule has 2 aromatic carbocycles. The molecule has 1 N–H and O–H groups in total. The van der Waals surface area contributed by atoms with Crippen molar-refractivity contribution in [3.63, 3.8) is 0 Å². The second kappa shape index (κ2) is 9.34. The Morgan fingerprint density at radius 1 is 1.04 bits per heavy atom. The lowest BCUT2D eigenvalue weighted by atomic mass is 10.1. The van der Waals surface area contributed by atoms with Gasteiger partial charge in [-0.3, -0.25) is 4.79 Å². The molecule has 134 valence electrons. The van der Waals surface area contributed by atoms with Crippen LogP contribution in [0, 0.1) is 0 Å². The lowest BCUT2D eigenvalue weighted by Crippen LogP contribution is -2.26. The topological polar surface area (TPSA) is 72.5 Å². The van der Waals surface area contributed by atoms with Crippen LogP contribution < -0.4 is 9.46 Å². The van der Waals surface area contributed by atoms with Crippen molar-refractivity contribution in [2.45, 2.75) is 31.1 Å². The first kappa shape index (κ1) is 19.1. The Labute approximate surface area is 149 Å². The molecular weight excluding hydrogens is 338 g/mol. The van der Waals surface area contributed by atoms with Gasteiger partial charge in [0.25, 0.3) is 0 Å². The number of rotatable bonds is 10. The molecule has 2 rings (SSSR count). The van der Waals surface area contributed by atoms with Crippen LogP contribution in [0.4, 0.5) is 0 Å². The van der Waals surface area contributed by atoms with Crippen LogP contribution in [0.25, 0.3) is 0 Å². The van der Waals surface area contributed by atoms with Gasteiger partial charge in [0.1, 0.15) is 5.75 Å². The molecule has 0 saturated heterocycles. The number of ketones is 1. The molecule has 5 nitrogen and oxygen atoms in total. The summed E-state index contributed by atoms with van der Waals surface area (Å²) < 4.78 is 32.5. The Bertz CT molecular complexity index is 771. The number of hydrogen-bond acceptors (Lipinski definition) is 4. The number of unbranched alkanes of at least 4 members (excludes halogenated alkanes) is 1. The fraction of sp³-hybridized carbons (Fsp3) is 0.316. The third-order valence-electron chi connectivity index (χ3n) is 3.64. The number of Topliss-reactive ketones (excluding diaryl/α,β-unsaturated/α-hetero) is 1. The minimum atomic E-state index is -3.64. The van der Waals surface area contributed by atoms with E-state index in [-0.39, 0.29) is 23.6 Å². The fourth-order valence-electron chi connectivity index (χ4n) is 2.20. The van der Waals surface area contributed by atoms with E-state index in [4.69, 9.17) is 4.74 Å². The second-order valence-electron chi connectivity index (χ2n) is 5.61. The maximum atomic E-state index is 12.3. The van der Waals surface area contributed by atoms with Crippen LogP contribution in [0.5, 0.6) is 5.75 Å². The van der Waals surface area contributed by atoms with E-state index >= 15 is 0 Å². The van der Waals surface area contributed by atoms with E-state index in [1.165, 1.54) is 12.1 Å². The number of carbonyl (C=O) groups excluding carboxylic acids is 1. The summed E-state index contributed by atoms with van der Waals surface area (Å²) in [6.07, 6.45) is 2.11. The number of carbonyl (C=O) groups is 1. The highest BCUT2D eigenvalue weighted by atomic mass is 32.2. The standard InChI is InChI=1S/C19H23NO4S/c1-2-3-15-24-17-9-11-18(12-10-17)25(22,23)20-14-13-19(21)16-7-5-4-6-8-16/h4-12,20H,2-3,13-15H2,1H3. The van der Waals surface area contributed by atoms with Gasteiger partial charge < -0.3 is 4.74 Å². The zero-order valence-corrected chi connectivity index (χ0v) is 15.1. The molecule has 0 aliphatic rings.